The molecule has 0 N–H and O–H groups in total. The molecule has 0 spiro atoms. The smallest absolute Gasteiger partial charge is 0.302 e. The third kappa shape index (κ3) is 2.69. The highest BCUT2D eigenvalue weighted by atomic mass is 16.7. The maximum atomic E-state index is 11.6. The summed E-state index contributed by atoms with van der Waals surface area (Å²) in [6.07, 6.45) is 9.49. The van der Waals surface area contributed by atoms with E-state index in [1.165, 1.54) is 39.5 Å². The minimum atomic E-state index is -0.265. The Labute approximate surface area is 180 Å². The minimum Gasteiger partial charge on any atom is -0.463 e. The van der Waals surface area contributed by atoms with Gasteiger partial charge in [-0.2, -0.15) is 0 Å². The van der Waals surface area contributed by atoms with Crippen molar-refractivity contribution in [1.82, 2.24) is 0 Å². The molecule has 0 aromatic heterocycles. The van der Waals surface area contributed by atoms with Gasteiger partial charge in [0.25, 0.3) is 0 Å². The van der Waals surface area contributed by atoms with Crippen LogP contribution in [0.2, 0.25) is 0 Å². The zero-order chi connectivity index (χ0) is 21.5. The van der Waals surface area contributed by atoms with Gasteiger partial charge in [0, 0.05) is 19.3 Å². The summed E-state index contributed by atoms with van der Waals surface area (Å²) in [5.74, 6) is 2.49. The molecule has 0 unspecified atom stereocenters. The van der Waals surface area contributed by atoms with Gasteiger partial charge in [0.2, 0.25) is 0 Å². The van der Waals surface area contributed by atoms with E-state index < -0.39 is 0 Å². The average Bonchev–Trinajstić information content (AvgIpc) is 3.33. The van der Waals surface area contributed by atoms with Crippen LogP contribution in [-0.2, 0) is 23.8 Å². The third-order valence-electron chi connectivity index (χ3n) is 10.4. The monoisotopic (exact) mass is 418 g/mol. The van der Waals surface area contributed by atoms with E-state index in [9.17, 15) is 9.59 Å². The van der Waals surface area contributed by atoms with E-state index in [0.29, 0.717) is 17.3 Å². The van der Waals surface area contributed by atoms with E-state index in [0.717, 1.165) is 37.5 Å². The number of carbonyl (C=O) groups is 2. The molecule has 0 bridgehead atoms. The second-order valence-electron chi connectivity index (χ2n) is 11.5. The van der Waals surface area contributed by atoms with Crippen molar-refractivity contribution >= 4 is 11.9 Å². The summed E-state index contributed by atoms with van der Waals surface area (Å²) in [5, 5.41) is 0. The molecule has 5 heteroatoms. The summed E-state index contributed by atoms with van der Waals surface area (Å²) in [6.45, 7) is 10.0. The summed E-state index contributed by atoms with van der Waals surface area (Å²) in [6, 6.07) is 0. The molecule has 5 rings (SSSR count). The first-order valence-corrected chi connectivity index (χ1v) is 12.1. The van der Waals surface area contributed by atoms with Crippen LogP contribution in [0.25, 0.3) is 0 Å². The molecular formula is C25H38O5. The molecule has 10 atom stereocenters. The van der Waals surface area contributed by atoms with Crippen molar-refractivity contribution < 1.29 is 23.8 Å². The first kappa shape index (κ1) is 20.8. The maximum Gasteiger partial charge on any atom is 0.302 e. The number of hydrogen-bond donors (Lipinski definition) is 0. The minimum absolute atomic E-state index is 0.103. The second kappa shape index (κ2) is 6.70. The van der Waals surface area contributed by atoms with Crippen molar-refractivity contribution in [2.45, 2.75) is 110 Å². The Bertz CT molecular complexity index is 750. The lowest BCUT2D eigenvalue weighted by molar-refractivity contribution is -0.173. The molecule has 30 heavy (non-hydrogen) atoms. The Hall–Kier alpha value is -1.10. The Morgan fingerprint density at radius 2 is 1.73 bits per heavy atom. The fourth-order valence-corrected chi connectivity index (χ4v) is 9.12. The Morgan fingerprint density at radius 1 is 0.967 bits per heavy atom. The van der Waals surface area contributed by atoms with Crippen LogP contribution in [0.5, 0.6) is 0 Å². The molecule has 4 saturated carbocycles. The molecular weight excluding hydrogens is 380 g/mol. The molecule has 1 saturated heterocycles. The van der Waals surface area contributed by atoms with Crippen LogP contribution in [0.1, 0.15) is 86.0 Å². The molecule has 4 aliphatic carbocycles. The first-order valence-electron chi connectivity index (χ1n) is 12.1. The normalized spacial score (nSPS) is 52.2. The van der Waals surface area contributed by atoms with E-state index in [4.69, 9.17) is 14.2 Å². The average molecular weight is 419 g/mol. The van der Waals surface area contributed by atoms with Gasteiger partial charge < -0.3 is 14.2 Å². The van der Waals surface area contributed by atoms with Gasteiger partial charge >= 0.3 is 11.9 Å². The standard InChI is InChI=1S/C25H38O5/c1-14(28-15(2)26)25-22(30-25)13-21-19-7-6-17-12-18(29-16(3)27)8-10-23(17,4)20(19)9-11-24(21,25)5/h14,17-22H,6-13H2,1-5H3/t14-,17-,18-,19+,20-,21-,22+,23-,24-,25+/m0/s1. The summed E-state index contributed by atoms with van der Waals surface area (Å²) in [5.41, 5.74) is 0.202. The van der Waals surface area contributed by atoms with Gasteiger partial charge in [-0.15, -0.1) is 0 Å². The Kier molecular flexibility index (Phi) is 4.64. The predicted molar refractivity (Wildman–Crippen MR) is 111 cm³/mol. The molecule has 168 valence electrons. The van der Waals surface area contributed by atoms with Gasteiger partial charge in [0.15, 0.2) is 0 Å². The molecule has 5 aliphatic rings. The molecule has 0 radical (unpaired) electrons. The number of rotatable bonds is 3. The number of ether oxygens (including phenoxy) is 3. The van der Waals surface area contributed by atoms with Gasteiger partial charge in [-0.25, -0.2) is 0 Å². The summed E-state index contributed by atoms with van der Waals surface area (Å²) in [4.78, 5) is 23.1. The lowest BCUT2D eigenvalue weighted by atomic mass is 9.44. The maximum absolute atomic E-state index is 11.6. The van der Waals surface area contributed by atoms with Crippen molar-refractivity contribution in [3.8, 4) is 0 Å². The topological polar surface area (TPSA) is 65.1 Å². The number of hydrogen-bond acceptors (Lipinski definition) is 5. The number of epoxide rings is 1. The summed E-state index contributed by atoms with van der Waals surface area (Å²) < 4.78 is 17.6. The van der Waals surface area contributed by atoms with Crippen LogP contribution < -0.4 is 0 Å². The molecule has 5 fully saturated rings. The van der Waals surface area contributed by atoms with Gasteiger partial charge in [0.05, 0.1) is 6.10 Å². The van der Waals surface area contributed by atoms with Crippen LogP contribution in [0.15, 0.2) is 0 Å². The van der Waals surface area contributed by atoms with Crippen LogP contribution >= 0.6 is 0 Å². The van der Waals surface area contributed by atoms with E-state index in [1.54, 1.807) is 0 Å². The van der Waals surface area contributed by atoms with E-state index in [-0.39, 0.29) is 41.3 Å². The Balaban J connectivity index is 1.36. The summed E-state index contributed by atoms with van der Waals surface area (Å²) >= 11 is 0. The quantitative estimate of drug-likeness (QED) is 0.493. The molecule has 0 aromatic rings. The highest BCUT2D eigenvalue weighted by Gasteiger charge is 2.79. The molecule has 0 amide bonds. The van der Waals surface area contributed by atoms with E-state index in [1.807, 2.05) is 6.92 Å². The van der Waals surface area contributed by atoms with Crippen molar-refractivity contribution in [3.63, 3.8) is 0 Å². The Morgan fingerprint density at radius 3 is 2.43 bits per heavy atom. The number of fused-ring (bicyclic) bond motifs is 7. The lowest BCUT2D eigenvalue weighted by Gasteiger charge is -2.61. The molecule has 1 aliphatic heterocycles. The lowest BCUT2D eigenvalue weighted by Crippen LogP contribution is -2.57. The SMILES string of the molecule is CC(=O)O[C@H]1CC[C@@]2(C)[C@@H](CC[C@@H]3[C@@H]2CC[C@@]2(C)[C@H]3C[C@H]3O[C@]32[C@H](C)OC(C)=O)C1. The van der Waals surface area contributed by atoms with E-state index in [2.05, 4.69) is 13.8 Å². The molecule has 1 heterocycles. The van der Waals surface area contributed by atoms with Crippen LogP contribution in [-0.4, -0.2) is 35.9 Å². The fraction of sp³-hybridized carbons (Fsp3) is 0.920. The second-order valence-corrected chi connectivity index (χ2v) is 11.5. The van der Waals surface area contributed by atoms with E-state index >= 15 is 0 Å². The number of carbonyl (C=O) groups excluding carboxylic acids is 2. The predicted octanol–water partition coefficient (Wildman–Crippen LogP) is 4.66. The van der Waals surface area contributed by atoms with Crippen molar-refractivity contribution in [3.05, 3.63) is 0 Å². The van der Waals surface area contributed by atoms with Crippen LogP contribution in [0, 0.1) is 34.5 Å². The van der Waals surface area contributed by atoms with Gasteiger partial charge in [-0.3, -0.25) is 9.59 Å². The van der Waals surface area contributed by atoms with Crippen LogP contribution in [0.4, 0.5) is 0 Å². The van der Waals surface area contributed by atoms with Crippen LogP contribution in [0.3, 0.4) is 0 Å². The highest BCUT2D eigenvalue weighted by molar-refractivity contribution is 5.66. The van der Waals surface area contributed by atoms with Gasteiger partial charge in [-0.1, -0.05) is 13.8 Å². The zero-order valence-electron chi connectivity index (χ0n) is 19.2. The van der Waals surface area contributed by atoms with Gasteiger partial charge in [-0.05, 0) is 87.4 Å². The summed E-state index contributed by atoms with van der Waals surface area (Å²) in [7, 11) is 0. The highest BCUT2D eigenvalue weighted by Crippen LogP contribution is 2.74. The zero-order valence-corrected chi connectivity index (χ0v) is 19.2. The fourth-order valence-electron chi connectivity index (χ4n) is 9.12. The number of esters is 2. The van der Waals surface area contributed by atoms with Crippen molar-refractivity contribution in [1.29, 1.82) is 0 Å². The largest absolute Gasteiger partial charge is 0.463 e. The molecule has 0 aromatic carbocycles. The van der Waals surface area contributed by atoms with Gasteiger partial charge in [0.1, 0.15) is 17.8 Å². The van der Waals surface area contributed by atoms with Crippen molar-refractivity contribution in [2.24, 2.45) is 34.5 Å². The van der Waals surface area contributed by atoms with Crippen molar-refractivity contribution in [2.75, 3.05) is 0 Å². The molecule has 5 nitrogen and oxygen atoms in total. The third-order valence-corrected chi connectivity index (χ3v) is 10.4. The first-order chi connectivity index (χ1) is 14.1.